The minimum Gasteiger partial charge on any atom is -0.497 e. The van der Waals surface area contributed by atoms with Crippen LogP contribution in [0.2, 0.25) is 0 Å². The van der Waals surface area contributed by atoms with E-state index in [0.717, 1.165) is 66.9 Å². The summed E-state index contributed by atoms with van der Waals surface area (Å²) in [5.74, 6) is 2.50. The van der Waals surface area contributed by atoms with Crippen molar-refractivity contribution < 1.29 is 9.47 Å². The molecule has 0 bridgehead atoms. The average molecular weight is 416 g/mol. The number of hydrogen-bond acceptors (Lipinski definition) is 4. The fourth-order valence-corrected chi connectivity index (χ4v) is 4.24. The van der Waals surface area contributed by atoms with Gasteiger partial charge in [-0.2, -0.15) is 0 Å². The van der Waals surface area contributed by atoms with Gasteiger partial charge in [-0.1, -0.05) is 12.8 Å². The Balaban J connectivity index is 1.41. The fraction of sp³-hybridized carbons (Fsp3) is 0.609. The Kier molecular flexibility index (Phi) is 8.25. The number of methoxy groups -OCH3 is 2. The van der Waals surface area contributed by atoms with Gasteiger partial charge in [0.2, 0.25) is 0 Å². The lowest BCUT2D eigenvalue weighted by atomic mass is 10.2. The number of nitrogens with one attached hydrogen (secondary N) is 3. The number of benzene rings is 1. The van der Waals surface area contributed by atoms with Crippen LogP contribution in [0.5, 0.6) is 11.5 Å². The average Bonchev–Trinajstić information content (AvgIpc) is 3.44. The third-order valence-corrected chi connectivity index (χ3v) is 6.03. The summed E-state index contributed by atoms with van der Waals surface area (Å²) < 4.78 is 10.9. The van der Waals surface area contributed by atoms with Gasteiger partial charge in [0.15, 0.2) is 5.96 Å². The third-order valence-electron chi connectivity index (χ3n) is 6.03. The van der Waals surface area contributed by atoms with Gasteiger partial charge in [-0.25, -0.2) is 0 Å². The number of aryl methyl sites for hydroxylation is 1. The standard InChI is InChI=1S/C23H37N5O2/c1-24-23(26-12-13-28(2)18-9-5-6-10-18)25-11-7-8-17-14-20-21(27-17)15-19(29-3)16-22(20)30-4/h14-16,18,27H,5-13H2,1-4H3,(H2,24,25,26). The first-order valence-corrected chi connectivity index (χ1v) is 11.0. The van der Waals surface area contributed by atoms with Crippen molar-refractivity contribution in [2.45, 2.75) is 44.6 Å². The Morgan fingerprint density at radius 2 is 1.90 bits per heavy atom. The Labute approximate surface area is 180 Å². The zero-order valence-corrected chi connectivity index (χ0v) is 18.9. The highest BCUT2D eigenvalue weighted by Gasteiger charge is 2.18. The van der Waals surface area contributed by atoms with Crippen LogP contribution < -0.4 is 20.1 Å². The molecule has 3 rings (SSSR count). The highest BCUT2D eigenvalue weighted by molar-refractivity contribution is 5.88. The molecule has 0 atom stereocenters. The Bertz CT molecular complexity index is 826. The summed E-state index contributed by atoms with van der Waals surface area (Å²) in [6.45, 7) is 2.83. The normalized spacial score (nSPS) is 15.2. The van der Waals surface area contributed by atoms with E-state index in [9.17, 15) is 0 Å². The van der Waals surface area contributed by atoms with Crippen LogP contribution in [0.15, 0.2) is 23.2 Å². The molecule has 0 amide bonds. The Hall–Kier alpha value is -2.41. The molecule has 3 N–H and O–H groups in total. The molecule has 0 spiro atoms. The summed E-state index contributed by atoms with van der Waals surface area (Å²) >= 11 is 0. The molecule has 7 nitrogen and oxygen atoms in total. The van der Waals surface area contributed by atoms with E-state index < -0.39 is 0 Å². The van der Waals surface area contributed by atoms with Gasteiger partial charge in [0.25, 0.3) is 0 Å². The van der Waals surface area contributed by atoms with E-state index in [4.69, 9.17) is 9.47 Å². The fourth-order valence-electron chi connectivity index (χ4n) is 4.24. The van der Waals surface area contributed by atoms with Crippen molar-refractivity contribution in [3.05, 3.63) is 23.9 Å². The molecule has 1 fully saturated rings. The molecule has 1 aliphatic rings. The Morgan fingerprint density at radius 1 is 1.13 bits per heavy atom. The third kappa shape index (κ3) is 5.81. The predicted octanol–water partition coefficient (Wildman–Crippen LogP) is 3.16. The molecule has 1 aliphatic carbocycles. The predicted molar refractivity (Wildman–Crippen MR) is 124 cm³/mol. The van der Waals surface area contributed by atoms with E-state index in [-0.39, 0.29) is 0 Å². The second-order valence-corrected chi connectivity index (χ2v) is 8.03. The quantitative estimate of drug-likeness (QED) is 0.316. The zero-order valence-electron chi connectivity index (χ0n) is 18.9. The van der Waals surface area contributed by atoms with E-state index in [0.29, 0.717) is 0 Å². The summed E-state index contributed by atoms with van der Waals surface area (Å²) in [7, 11) is 7.42. The minimum absolute atomic E-state index is 0.761. The summed E-state index contributed by atoms with van der Waals surface area (Å²) in [5.41, 5.74) is 2.23. The zero-order chi connectivity index (χ0) is 21.3. The van der Waals surface area contributed by atoms with Gasteiger partial charge in [-0.05, 0) is 38.8 Å². The summed E-state index contributed by atoms with van der Waals surface area (Å²) in [4.78, 5) is 10.3. The van der Waals surface area contributed by atoms with Crippen LogP contribution in [0.1, 0.15) is 37.8 Å². The number of hydrogen-bond donors (Lipinski definition) is 3. The number of H-pyrrole nitrogens is 1. The topological polar surface area (TPSA) is 73.9 Å². The van der Waals surface area contributed by atoms with E-state index >= 15 is 0 Å². The molecule has 0 aliphatic heterocycles. The molecule has 166 valence electrons. The van der Waals surface area contributed by atoms with E-state index in [2.05, 4.69) is 38.6 Å². The van der Waals surface area contributed by atoms with Crippen LogP contribution in [0, 0.1) is 0 Å². The number of aliphatic imine (C=N–C) groups is 1. The second kappa shape index (κ2) is 11.1. The van der Waals surface area contributed by atoms with Crippen LogP contribution in [0.3, 0.4) is 0 Å². The van der Waals surface area contributed by atoms with Gasteiger partial charge < -0.3 is 30.0 Å². The van der Waals surface area contributed by atoms with Crippen molar-refractivity contribution in [2.24, 2.45) is 4.99 Å². The molecule has 0 saturated heterocycles. The van der Waals surface area contributed by atoms with Gasteiger partial charge in [0.05, 0.1) is 19.7 Å². The number of ether oxygens (including phenoxy) is 2. The maximum Gasteiger partial charge on any atom is 0.191 e. The first-order chi connectivity index (χ1) is 14.6. The highest BCUT2D eigenvalue weighted by Crippen LogP contribution is 2.31. The van der Waals surface area contributed by atoms with Gasteiger partial charge in [-0.15, -0.1) is 0 Å². The first-order valence-electron chi connectivity index (χ1n) is 11.0. The van der Waals surface area contributed by atoms with Crippen molar-refractivity contribution in [1.82, 2.24) is 20.5 Å². The number of nitrogens with zero attached hydrogens (tertiary/aromatic N) is 2. The molecule has 30 heavy (non-hydrogen) atoms. The van der Waals surface area contributed by atoms with E-state index in [1.165, 1.54) is 31.4 Å². The summed E-state index contributed by atoms with van der Waals surface area (Å²) in [6, 6.07) is 6.85. The monoisotopic (exact) mass is 415 g/mol. The van der Waals surface area contributed by atoms with E-state index in [1.54, 1.807) is 14.2 Å². The summed E-state index contributed by atoms with van der Waals surface area (Å²) in [5, 5.41) is 7.94. The minimum atomic E-state index is 0.761. The van der Waals surface area contributed by atoms with Crippen LogP contribution in [-0.2, 0) is 6.42 Å². The second-order valence-electron chi connectivity index (χ2n) is 8.03. The number of likely N-dealkylation sites (N-methyl/N-ethyl adjacent to an activating group) is 1. The number of rotatable bonds is 10. The maximum absolute atomic E-state index is 5.50. The SMILES string of the molecule is CN=C(NCCCc1cc2c(OC)cc(OC)cc2[nH]1)NCCN(C)C1CCCC1. The van der Waals surface area contributed by atoms with E-state index in [1.807, 2.05) is 19.2 Å². The molecule has 0 radical (unpaired) electrons. The van der Waals surface area contributed by atoms with Gasteiger partial charge in [-0.3, -0.25) is 4.99 Å². The van der Waals surface area contributed by atoms with Crippen LogP contribution in [-0.4, -0.2) is 69.8 Å². The molecular formula is C23H37N5O2. The number of aromatic amines is 1. The van der Waals surface area contributed by atoms with Crippen LogP contribution >= 0.6 is 0 Å². The molecule has 1 aromatic carbocycles. The number of fused-ring (bicyclic) bond motifs is 1. The molecule has 1 heterocycles. The van der Waals surface area contributed by atoms with Crippen molar-refractivity contribution in [1.29, 1.82) is 0 Å². The van der Waals surface area contributed by atoms with Gasteiger partial charge in [0, 0.05) is 55.9 Å². The Morgan fingerprint density at radius 3 is 2.60 bits per heavy atom. The van der Waals surface area contributed by atoms with Crippen molar-refractivity contribution in [3.63, 3.8) is 0 Å². The van der Waals surface area contributed by atoms with Crippen molar-refractivity contribution in [2.75, 3.05) is 47.9 Å². The number of aromatic nitrogens is 1. The highest BCUT2D eigenvalue weighted by atomic mass is 16.5. The van der Waals surface area contributed by atoms with Crippen molar-refractivity contribution in [3.8, 4) is 11.5 Å². The lowest BCUT2D eigenvalue weighted by Crippen LogP contribution is -2.42. The lowest BCUT2D eigenvalue weighted by molar-refractivity contribution is 0.249. The van der Waals surface area contributed by atoms with Crippen LogP contribution in [0.25, 0.3) is 10.9 Å². The molecule has 0 unspecified atom stereocenters. The largest absolute Gasteiger partial charge is 0.497 e. The molecular weight excluding hydrogens is 378 g/mol. The van der Waals surface area contributed by atoms with Crippen molar-refractivity contribution >= 4 is 16.9 Å². The molecule has 1 saturated carbocycles. The number of guanidine groups is 1. The van der Waals surface area contributed by atoms with Gasteiger partial charge in [0.1, 0.15) is 11.5 Å². The van der Waals surface area contributed by atoms with Gasteiger partial charge >= 0.3 is 0 Å². The smallest absolute Gasteiger partial charge is 0.191 e. The molecule has 7 heteroatoms. The first kappa shape index (κ1) is 22.3. The summed E-state index contributed by atoms with van der Waals surface area (Å²) in [6.07, 6.45) is 7.40. The molecule has 1 aromatic heterocycles. The molecule has 2 aromatic rings. The maximum atomic E-state index is 5.50. The lowest BCUT2D eigenvalue weighted by Gasteiger charge is -2.24. The van der Waals surface area contributed by atoms with Crippen LogP contribution in [0.4, 0.5) is 0 Å².